The highest BCUT2D eigenvalue weighted by Crippen LogP contribution is 2.34. The van der Waals surface area contributed by atoms with Gasteiger partial charge in [0.2, 0.25) is 5.89 Å². The molecule has 2 aromatic carbocycles. The van der Waals surface area contributed by atoms with E-state index < -0.39 is 43.5 Å². The number of aliphatic carboxylic acids is 1. The van der Waals surface area contributed by atoms with Crippen molar-refractivity contribution in [3.8, 4) is 29.5 Å². The Balaban J connectivity index is 0.000000725. The minimum absolute atomic E-state index is 0.0434. The molecule has 0 saturated carbocycles. The Hall–Kier alpha value is -2.90. The highest BCUT2D eigenvalue weighted by atomic mass is 35.5. The molecule has 0 aliphatic rings. The van der Waals surface area contributed by atoms with E-state index in [9.17, 15) is 23.8 Å². The minimum atomic E-state index is -4.35. The maximum atomic E-state index is 12.0. The van der Waals surface area contributed by atoms with Gasteiger partial charge >= 0.3 is 17.7 Å². The molecule has 0 saturated heterocycles. The van der Waals surface area contributed by atoms with Crippen molar-refractivity contribution in [2.75, 3.05) is 45.3 Å². The number of methoxy groups -OCH3 is 1. The molecule has 0 radical (unpaired) electrons. The van der Waals surface area contributed by atoms with Gasteiger partial charge in [0.05, 0.1) is 64.5 Å². The molecule has 49 heavy (non-hydrogen) atoms. The molecule has 0 spiro atoms. The van der Waals surface area contributed by atoms with Crippen LogP contribution in [0.1, 0.15) is 37.0 Å². The molecule has 0 aliphatic carbocycles. The lowest BCUT2D eigenvalue weighted by Crippen LogP contribution is -2.25. The number of hydrogen-bond acceptors (Lipinski definition) is 10. The zero-order valence-corrected chi connectivity index (χ0v) is 32.1. The normalized spacial score (nSPS) is 11.7. The van der Waals surface area contributed by atoms with E-state index in [1.54, 1.807) is 0 Å². The van der Waals surface area contributed by atoms with Crippen LogP contribution in [-0.4, -0.2) is 82.1 Å². The van der Waals surface area contributed by atoms with E-state index in [4.69, 9.17) is 81.8 Å². The Bertz CT molecular complexity index is 1710. The first-order valence-corrected chi connectivity index (χ1v) is 19.0. The van der Waals surface area contributed by atoms with Crippen LogP contribution in [0, 0.1) is 12.3 Å². The second-order valence-electron chi connectivity index (χ2n) is 10.6. The fourth-order valence-electron chi connectivity index (χ4n) is 2.88. The van der Waals surface area contributed by atoms with Gasteiger partial charge in [0.15, 0.2) is 5.75 Å². The number of carboxylic acid groups (broad SMARTS) is 2. The molecule has 0 aliphatic heterocycles. The van der Waals surface area contributed by atoms with Gasteiger partial charge in [-0.05, 0) is 29.1 Å². The number of carboxylic acids is 2. The van der Waals surface area contributed by atoms with Crippen molar-refractivity contribution >= 4 is 76.8 Å². The summed E-state index contributed by atoms with van der Waals surface area (Å²) in [6.45, 7) is 5.21. The van der Waals surface area contributed by atoms with E-state index in [1.807, 2.05) is 26.1 Å². The summed E-state index contributed by atoms with van der Waals surface area (Å²) < 4.78 is 26.3. The zero-order chi connectivity index (χ0) is 38.3. The van der Waals surface area contributed by atoms with Crippen LogP contribution in [-0.2, 0) is 25.7 Å². The van der Waals surface area contributed by atoms with Crippen LogP contribution in [0.4, 0.5) is 0 Å². The summed E-state index contributed by atoms with van der Waals surface area (Å²) >= 11 is 23.5. The smallest absolute Gasteiger partial charge is 0.442 e. The number of nitrogens with one attached hydrogen (secondary N) is 1. The van der Waals surface area contributed by atoms with Crippen molar-refractivity contribution < 1.29 is 48.0 Å². The van der Waals surface area contributed by atoms with Gasteiger partial charge < -0.3 is 38.5 Å². The van der Waals surface area contributed by atoms with E-state index in [0.717, 1.165) is 4.68 Å². The third-order valence-electron chi connectivity index (χ3n) is 4.79. The molecule has 20 heteroatoms. The number of hydrogen-bond donors (Lipinski definition) is 4. The number of carbonyl (C=O) groups is 2. The molecule has 3 aromatic rings. The SMILES string of the molecule is C#CCOc1cc(-n2nc(C(C)(C)C)oc2=O)c(Cl)cc1Cl.COc1c(Cl)ccc(Cl)c1C(=O)O.C[S+](C)C.O=C(O)CNCP(=O)([O-])O. The van der Waals surface area contributed by atoms with Crippen LogP contribution in [0.3, 0.4) is 0 Å². The van der Waals surface area contributed by atoms with Crippen molar-refractivity contribution in [2.24, 2.45) is 0 Å². The first-order chi connectivity index (χ1) is 22.5. The summed E-state index contributed by atoms with van der Waals surface area (Å²) in [7, 11) is -2.37. The Kier molecular flexibility index (Phi) is 20.1. The number of benzene rings is 2. The molecule has 0 amide bonds. The van der Waals surface area contributed by atoms with Crippen molar-refractivity contribution in [1.29, 1.82) is 0 Å². The quantitative estimate of drug-likeness (QED) is 0.130. The summed E-state index contributed by atoms with van der Waals surface area (Å²) in [5, 5.41) is 23.8. The molecule has 1 heterocycles. The molecule has 0 bridgehead atoms. The Morgan fingerprint density at radius 3 is 2.06 bits per heavy atom. The molecule has 3 rings (SSSR count). The number of aromatic carboxylic acids is 1. The molecule has 1 atom stereocenters. The molecular weight excluding hydrogens is 771 g/mol. The van der Waals surface area contributed by atoms with Gasteiger partial charge in [-0.2, -0.15) is 4.68 Å². The van der Waals surface area contributed by atoms with Gasteiger partial charge in [-0.1, -0.05) is 73.1 Å². The van der Waals surface area contributed by atoms with Gasteiger partial charge in [-0.3, -0.25) is 10.1 Å². The number of ether oxygens (including phenoxy) is 2. The number of halogens is 4. The second-order valence-corrected chi connectivity index (χ2v) is 16.3. The maximum Gasteiger partial charge on any atom is 0.442 e. The molecular formula is C29H36Cl4N3O11PS. The molecule has 4 N–H and O–H groups in total. The Morgan fingerprint density at radius 2 is 1.65 bits per heavy atom. The van der Waals surface area contributed by atoms with E-state index in [-0.39, 0.29) is 38.0 Å². The number of aromatic nitrogens is 2. The van der Waals surface area contributed by atoms with E-state index >= 15 is 0 Å². The van der Waals surface area contributed by atoms with Crippen molar-refractivity contribution in [2.45, 2.75) is 26.2 Å². The summed E-state index contributed by atoms with van der Waals surface area (Å²) in [6.07, 6.45) is 11.0. The van der Waals surface area contributed by atoms with Crippen molar-refractivity contribution in [3.63, 3.8) is 0 Å². The maximum absolute atomic E-state index is 12.0. The topological polar surface area (TPSA) is 213 Å². The molecule has 14 nitrogen and oxygen atoms in total. The van der Waals surface area contributed by atoms with E-state index in [1.165, 1.54) is 31.4 Å². The first kappa shape index (κ1) is 46.1. The first-order valence-electron chi connectivity index (χ1n) is 13.3. The second kappa shape index (κ2) is 21.3. The Morgan fingerprint density at radius 1 is 1.10 bits per heavy atom. The van der Waals surface area contributed by atoms with Crippen molar-refractivity contribution in [1.82, 2.24) is 15.1 Å². The number of rotatable bonds is 9. The fraction of sp³-hybridized carbons (Fsp3) is 0.379. The summed E-state index contributed by atoms with van der Waals surface area (Å²) in [4.78, 5) is 50.5. The molecule has 1 unspecified atom stereocenters. The van der Waals surface area contributed by atoms with Gasteiger partial charge in [-0.25, -0.2) is 9.59 Å². The predicted octanol–water partition coefficient (Wildman–Crippen LogP) is 4.80. The lowest BCUT2D eigenvalue weighted by Gasteiger charge is -2.14. The van der Waals surface area contributed by atoms with Crippen LogP contribution in [0.25, 0.3) is 5.69 Å². The van der Waals surface area contributed by atoms with Crippen LogP contribution < -0.4 is 25.4 Å². The number of terminal acetylenes is 1. The summed E-state index contributed by atoms with van der Waals surface area (Å²) in [5.41, 5.74) is -0.217. The molecule has 272 valence electrons. The summed E-state index contributed by atoms with van der Waals surface area (Å²) in [6, 6.07) is 5.85. The average Bonchev–Trinajstić information content (AvgIpc) is 3.35. The highest BCUT2D eigenvalue weighted by Gasteiger charge is 2.24. The summed E-state index contributed by atoms with van der Waals surface area (Å²) in [5.74, 6) is 0.0559. The van der Waals surface area contributed by atoms with Gasteiger partial charge in [0, 0.05) is 11.5 Å². The predicted molar refractivity (Wildman–Crippen MR) is 191 cm³/mol. The monoisotopic (exact) mass is 805 g/mol. The van der Waals surface area contributed by atoms with Crippen LogP contribution in [0.5, 0.6) is 11.5 Å². The zero-order valence-electron chi connectivity index (χ0n) is 27.4. The highest BCUT2D eigenvalue weighted by molar-refractivity contribution is 7.94. The Labute approximate surface area is 306 Å². The van der Waals surface area contributed by atoms with Gasteiger partial charge in [-0.15, -0.1) is 11.5 Å². The van der Waals surface area contributed by atoms with Crippen molar-refractivity contribution in [3.05, 3.63) is 66.4 Å². The largest absolute Gasteiger partial charge is 0.778 e. The lowest BCUT2D eigenvalue weighted by atomic mass is 9.97. The third-order valence-corrected chi connectivity index (χ3v) is 6.63. The van der Waals surface area contributed by atoms with Crippen LogP contribution in [0.2, 0.25) is 20.1 Å². The fourth-order valence-corrected chi connectivity index (χ4v) is 4.26. The van der Waals surface area contributed by atoms with E-state index in [2.05, 4.69) is 29.8 Å². The molecule has 0 fully saturated rings. The molecule has 1 aromatic heterocycles. The van der Waals surface area contributed by atoms with Gasteiger partial charge in [0.25, 0.3) is 0 Å². The lowest BCUT2D eigenvalue weighted by molar-refractivity contribution is -0.193. The van der Waals surface area contributed by atoms with Crippen LogP contribution in [0.15, 0.2) is 33.5 Å². The standard InChI is InChI=1S/C15H14Cl2N2O3.C8H6Cl2O3.C3H8NO5P.C3H9S/c1-5-6-21-12-8-11(9(16)7-10(12)17)19-14(20)22-13(18-19)15(2,3)4;1-13-7-5(10)3-2-4(9)6(7)8(11)12;5-3(6)1-4-2-10(7,8)9;1-4(2)3/h1,7-8H,6H2,2-4H3;2-3H,1H3,(H,11,12);4H,1-2H2,(H,5,6)(H2,7,8,9);1-3H3/q;;;+1/p-1. The van der Waals surface area contributed by atoms with Gasteiger partial charge in [0.1, 0.15) is 25.5 Å². The average molecular weight is 807 g/mol. The van der Waals surface area contributed by atoms with Crippen LogP contribution >= 0.6 is 54.0 Å². The third kappa shape index (κ3) is 17.5. The number of nitrogens with zero attached hydrogens (tertiary/aromatic N) is 2. The minimum Gasteiger partial charge on any atom is -0.778 e. The van der Waals surface area contributed by atoms with E-state index in [0.29, 0.717) is 28.2 Å².